The van der Waals surface area contributed by atoms with Crippen LogP contribution >= 0.6 is 0 Å². The summed E-state index contributed by atoms with van der Waals surface area (Å²) < 4.78 is 7.80. The van der Waals surface area contributed by atoms with Gasteiger partial charge in [0.05, 0.1) is 82.8 Å². The van der Waals surface area contributed by atoms with Gasteiger partial charge in [0.2, 0.25) is 0 Å². The normalized spacial score (nSPS) is 11.3. The molecule has 0 saturated carbocycles. The highest BCUT2D eigenvalue weighted by atomic mass is 16.3. The highest BCUT2D eigenvalue weighted by Gasteiger charge is 2.24. The molecule has 0 aliphatic heterocycles. The third kappa shape index (κ3) is 20.7. The molecule has 4 heterocycles. The van der Waals surface area contributed by atoms with Gasteiger partial charge in [0.15, 0.2) is 0 Å². The van der Waals surface area contributed by atoms with Crippen molar-refractivity contribution in [3.05, 3.63) is 290 Å². The van der Waals surface area contributed by atoms with E-state index in [1.807, 2.05) is 213 Å². The zero-order chi connectivity index (χ0) is 84.3. The zero-order valence-electron chi connectivity index (χ0n) is 66.8. The maximum absolute atomic E-state index is 13.3. The highest BCUT2D eigenvalue weighted by Crippen LogP contribution is 2.43. The molecular weight excluding hydrogens is 1540 g/mol. The quantitative estimate of drug-likeness (QED) is 0.00982. The average Bonchev–Trinajstić information content (AvgIpc) is 0.805. The van der Waals surface area contributed by atoms with E-state index in [4.69, 9.17) is 22.9 Å². The number of hydrogen-bond donors (Lipinski definition) is 8. The number of aromatic nitrogens is 4. The first kappa shape index (κ1) is 87.4. The van der Waals surface area contributed by atoms with Crippen molar-refractivity contribution >= 4 is 135 Å². The van der Waals surface area contributed by atoms with Crippen molar-refractivity contribution < 1.29 is 57.9 Å². The Balaban J connectivity index is 0.000000234. The number of nitrogen functional groups attached to an aromatic ring is 4. The number of fused-ring (bicyclic) bond motifs is 4. The predicted molar refractivity (Wildman–Crippen MR) is 476 cm³/mol. The van der Waals surface area contributed by atoms with E-state index in [2.05, 4.69) is 40.9 Å². The van der Waals surface area contributed by atoms with E-state index in [-0.39, 0.29) is 72.9 Å². The monoisotopic (exact) mass is 1640 g/mol. The second-order valence-corrected chi connectivity index (χ2v) is 28.8. The fourth-order valence-electron chi connectivity index (χ4n) is 13.9. The Morgan fingerprint density at radius 3 is 0.811 bits per heavy atom. The van der Waals surface area contributed by atoms with Crippen LogP contribution in [0.4, 0.5) is 68.8 Å². The van der Waals surface area contributed by atoms with Crippen molar-refractivity contribution in [2.45, 2.75) is 66.7 Å². The molecule has 4 amide bonds. The summed E-state index contributed by atoms with van der Waals surface area (Å²) in [5.41, 5.74) is 29.1. The van der Waals surface area contributed by atoms with Crippen LogP contribution in [0.2, 0.25) is 0 Å². The van der Waals surface area contributed by atoms with Gasteiger partial charge in [0.1, 0.15) is 57.1 Å². The van der Waals surface area contributed by atoms with Gasteiger partial charge in [-0.2, -0.15) is 0 Å². The summed E-state index contributed by atoms with van der Waals surface area (Å²) in [6.07, 6.45) is 10.2. The number of nitrogens with two attached hydrogens (primary N) is 4. The number of azo groups is 4. The summed E-state index contributed by atoms with van der Waals surface area (Å²) in [5, 5.41) is 83.2. The molecule has 0 fully saturated rings. The fourth-order valence-corrected chi connectivity index (χ4v) is 13.9. The molecule has 620 valence electrons. The van der Waals surface area contributed by atoms with Crippen molar-refractivity contribution in [3.63, 3.8) is 0 Å². The number of rotatable bonds is 28. The van der Waals surface area contributed by atoms with E-state index in [9.17, 15) is 39.6 Å². The molecule has 10 aromatic carbocycles. The Kier molecular flexibility index (Phi) is 29.1. The summed E-state index contributed by atoms with van der Waals surface area (Å²) >= 11 is 0. The molecule has 0 aliphatic rings. The standard InChI is InChI=1S/2C46H44N10O4.2CH4/c1-53(23-11-27-55-25-9-7-17-41(55)51-49-37-29-39(57)43(47)35-15-5-3-13-33(35)37)45(59)31-19-21-32(22-20-31)46(60)54(2)24-12-28-56-26-10-8-18-42(56)52-50-38-30-40(58)44(48)36-16-6-4-14-34(36)38;1-53(23-11-27-55-25-9-7-17-39(55)49-51-43-35-15-5-3-13-33(35)29-37(57)41(43)47)45(59)31-19-21-32(22-20-31)46(60)54(2)24-12-28-56-26-10-8-18-40(56)50-52-44-36-16-6-4-14-34(36)30-38(58)42(44)48;;/h3-10,13-22,25-26,29-30,47-48H,11-12,23-24,27-28H2,1-2H3,(H2,49,50,57,58);3-10,13-22,25-26,29-30,47-48H,11-12,23-24,27-28H2,1-2H3,(H2,51,52,57,58);2*1H4/p+4. The number of nitrogens with zero attached hydrogens (tertiary/aromatic N) is 16. The van der Waals surface area contributed by atoms with Gasteiger partial charge in [-0.3, -0.25) is 19.2 Å². The molecule has 0 aliphatic carbocycles. The highest BCUT2D eigenvalue weighted by molar-refractivity contribution is 6.05. The minimum Gasteiger partial charge on any atom is -0.506 e. The van der Waals surface area contributed by atoms with Crippen molar-refractivity contribution in [1.29, 1.82) is 0 Å². The van der Waals surface area contributed by atoms with Crippen LogP contribution in [-0.4, -0.2) is 118 Å². The number of aryl methyl sites for hydroxylation is 4. The van der Waals surface area contributed by atoms with E-state index in [1.165, 1.54) is 12.1 Å². The molecule has 28 heteroatoms. The molecule has 0 radical (unpaired) electrons. The van der Waals surface area contributed by atoms with Crippen molar-refractivity contribution in [3.8, 4) is 23.0 Å². The lowest BCUT2D eigenvalue weighted by Gasteiger charge is -2.18. The number of anilines is 4. The van der Waals surface area contributed by atoms with Crippen LogP contribution in [0, 0.1) is 0 Å². The number of phenolic OH excluding ortho intramolecular Hbond substituents is 4. The zero-order valence-corrected chi connectivity index (χ0v) is 66.8. The van der Waals surface area contributed by atoms with Gasteiger partial charge in [0, 0.05) is 171 Å². The number of hydrogen-bond acceptors (Lipinski definition) is 20. The first-order chi connectivity index (χ1) is 58.2. The van der Waals surface area contributed by atoms with Gasteiger partial charge in [-0.25, -0.2) is 18.3 Å². The van der Waals surface area contributed by atoms with Gasteiger partial charge in [-0.05, 0) is 116 Å². The SMILES string of the molecule is C.C.CN(CCC[n+]1ccccc1N=Nc1c(N)c(O)cc2ccccc12)C(=O)c1ccc(C(=O)N(C)CCC[n+]2ccccc2N=Nc2c(N)c(O)cc3ccccc23)cc1.CN(CCC[n+]1ccccc1N=Nc1cc(O)c(N)c2ccccc12)C(=O)c1ccc(C(=O)N(C)CCC[n+]2ccccc2N=Nc2cc(O)c(N)c3ccccc23)cc1. The molecule has 0 unspecified atom stereocenters. The molecule has 0 spiro atoms. The topological polar surface area (TPSA) is 381 Å². The molecule has 0 atom stereocenters. The van der Waals surface area contributed by atoms with Crippen LogP contribution in [0.1, 0.15) is 82.0 Å². The Labute approximate surface area is 706 Å². The van der Waals surface area contributed by atoms with Crippen LogP contribution in [0.15, 0.2) is 308 Å². The Bertz CT molecular complexity index is 5890. The lowest BCUT2D eigenvalue weighted by atomic mass is 10.1. The number of pyridine rings is 4. The Morgan fingerprint density at radius 1 is 0.287 bits per heavy atom. The minimum absolute atomic E-state index is 0. The third-order valence-electron chi connectivity index (χ3n) is 20.6. The minimum atomic E-state index is -0.153. The molecule has 14 aromatic rings. The smallest absolute Gasteiger partial charge is 0.350 e. The summed E-state index contributed by atoms with van der Waals surface area (Å²) in [4.78, 5) is 60.0. The number of carbonyl (C=O) groups excluding carboxylic acids is 4. The third-order valence-corrected chi connectivity index (χ3v) is 20.6. The van der Waals surface area contributed by atoms with E-state index >= 15 is 0 Å². The first-order valence-electron chi connectivity index (χ1n) is 39.0. The van der Waals surface area contributed by atoms with Crippen LogP contribution < -0.4 is 41.2 Å². The second kappa shape index (κ2) is 40.6. The molecule has 122 heavy (non-hydrogen) atoms. The van der Waals surface area contributed by atoms with Crippen LogP contribution in [0.3, 0.4) is 0 Å². The van der Waals surface area contributed by atoms with Crippen molar-refractivity contribution in [1.82, 2.24) is 19.6 Å². The average molecular weight is 1640 g/mol. The molecule has 28 nitrogen and oxygen atoms in total. The van der Waals surface area contributed by atoms with Crippen molar-refractivity contribution in [2.24, 2.45) is 40.9 Å². The summed E-state index contributed by atoms with van der Waals surface area (Å²) in [5.74, 6) is 1.62. The maximum Gasteiger partial charge on any atom is 0.350 e. The molecule has 12 N–H and O–H groups in total. The van der Waals surface area contributed by atoms with Gasteiger partial charge < -0.3 is 63.0 Å². The molecule has 14 rings (SSSR count). The summed E-state index contributed by atoms with van der Waals surface area (Å²) in [6, 6.07) is 72.1. The van der Waals surface area contributed by atoms with Crippen LogP contribution in [0.5, 0.6) is 23.0 Å². The summed E-state index contributed by atoms with van der Waals surface area (Å²) in [7, 11) is 7.02. The predicted octanol–water partition coefficient (Wildman–Crippen LogP) is 17.9. The Hall–Kier alpha value is -15.5. The number of benzene rings is 10. The van der Waals surface area contributed by atoms with Crippen LogP contribution in [-0.2, 0) is 26.2 Å². The lowest BCUT2D eigenvalue weighted by Crippen LogP contribution is -2.36. The van der Waals surface area contributed by atoms with E-state index in [1.54, 1.807) is 108 Å². The van der Waals surface area contributed by atoms with Crippen LogP contribution in [0.25, 0.3) is 43.1 Å². The second-order valence-electron chi connectivity index (χ2n) is 28.8. The number of aromatic hydroxyl groups is 4. The Morgan fingerprint density at radius 2 is 0.525 bits per heavy atom. The van der Waals surface area contributed by atoms with Gasteiger partial charge in [-0.15, -0.1) is 0 Å². The first-order valence-corrected chi connectivity index (χ1v) is 39.0. The number of phenols is 4. The molecule has 0 saturated heterocycles. The van der Waals surface area contributed by atoms with Crippen molar-refractivity contribution in [2.75, 3.05) is 77.3 Å². The maximum atomic E-state index is 13.3. The van der Waals surface area contributed by atoms with E-state index < -0.39 is 0 Å². The fraction of sp³-hybridized carbons (Fsp3) is 0.191. The number of amides is 4. The van der Waals surface area contributed by atoms with E-state index in [0.717, 1.165) is 32.3 Å². The summed E-state index contributed by atoms with van der Waals surface area (Å²) in [6.45, 7) is 4.25. The van der Waals surface area contributed by atoms with Gasteiger partial charge >= 0.3 is 23.3 Å². The lowest BCUT2D eigenvalue weighted by molar-refractivity contribution is -0.684. The van der Waals surface area contributed by atoms with Gasteiger partial charge in [-0.1, -0.05) is 136 Å². The van der Waals surface area contributed by atoms with E-state index in [0.29, 0.717) is 168 Å². The molecular formula is C94H100N20O8+4. The molecule has 0 bridgehead atoms. The van der Waals surface area contributed by atoms with Gasteiger partial charge in [0.25, 0.3) is 23.6 Å². The largest absolute Gasteiger partial charge is 0.506 e. The number of carbonyl (C=O) groups is 4. The molecule has 4 aromatic heterocycles.